The number of carbonyl (C=O) groups excluding carboxylic acids is 4. The fourth-order valence-corrected chi connectivity index (χ4v) is 13.8. The van der Waals surface area contributed by atoms with Crippen LogP contribution in [0.1, 0.15) is 132 Å². The molecule has 6 nitrogen and oxygen atoms in total. The highest BCUT2D eigenvalue weighted by Gasteiger charge is 2.70. The molecule has 6 aliphatic carbocycles. The number of hydrogen-bond donors (Lipinski definition) is 0. The van der Waals surface area contributed by atoms with Gasteiger partial charge in [0.25, 0.3) is 0 Å². The minimum absolute atomic E-state index is 0.0263. The first-order valence-electron chi connectivity index (χ1n) is 20.0. The number of allylic oxidation sites excluding steroid dienone is 2. The van der Waals surface area contributed by atoms with E-state index in [0.717, 1.165) is 68.8 Å². The Labute approximate surface area is 306 Å². The Hall–Kier alpha value is -2.76. The number of Topliss-reactive ketones (excluding diaryl/α,β-unsaturated/α-hetero) is 1. The van der Waals surface area contributed by atoms with Crippen molar-refractivity contribution in [1.82, 2.24) is 0 Å². The second-order valence-corrected chi connectivity index (χ2v) is 20.0. The van der Waals surface area contributed by atoms with Gasteiger partial charge in [-0.05, 0) is 120 Å². The molecule has 51 heavy (non-hydrogen) atoms. The Morgan fingerprint density at radius 3 is 2.14 bits per heavy atom. The Morgan fingerprint density at radius 2 is 1.49 bits per heavy atom. The summed E-state index contributed by atoms with van der Waals surface area (Å²) in [6.07, 6.45) is 9.84. The molecule has 5 fully saturated rings. The molecule has 10 atom stereocenters. The highest BCUT2D eigenvalue weighted by molar-refractivity contribution is 6.04. The highest BCUT2D eigenvalue weighted by Crippen LogP contribution is 2.76. The Balaban J connectivity index is 1.06. The molecule has 0 bridgehead atoms. The van der Waals surface area contributed by atoms with Gasteiger partial charge in [-0.15, -0.1) is 0 Å². The minimum atomic E-state index is -0.591. The number of rotatable bonds is 7. The second kappa shape index (κ2) is 12.1. The smallest absolute Gasteiger partial charge is 0.309 e. The van der Waals surface area contributed by atoms with E-state index >= 15 is 0 Å². The molecule has 0 amide bonds. The first-order chi connectivity index (χ1) is 23.9. The van der Waals surface area contributed by atoms with Gasteiger partial charge in [-0.3, -0.25) is 14.4 Å². The second-order valence-electron chi connectivity index (χ2n) is 20.0. The van der Waals surface area contributed by atoms with Gasteiger partial charge in [0.05, 0.1) is 17.3 Å². The molecule has 0 unspecified atom stereocenters. The number of esters is 2. The third-order valence-corrected chi connectivity index (χ3v) is 17.0. The number of ketones is 1. The third-order valence-electron chi connectivity index (χ3n) is 17.0. The zero-order valence-electron chi connectivity index (χ0n) is 32.7. The van der Waals surface area contributed by atoms with E-state index in [1.165, 1.54) is 5.57 Å². The van der Waals surface area contributed by atoms with Crippen LogP contribution in [0.4, 0.5) is 0 Å². The summed E-state index contributed by atoms with van der Waals surface area (Å²) < 4.78 is 12.2. The average molecular weight is 699 g/mol. The third kappa shape index (κ3) is 5.13. The Morgan fingerprint density at radius 1 is 0.804 bits per heavy atom. The highest BCUT2D eigenvalue weighted by atomic mass is 16.5. The summed E-state index contributed by atoms with van der Waals surface area (Å²) in [5.41, 5.74) is 2.08. The van der Waals surface area contributed by atoms with Gasteiger partial charge in [0.2, 0.25) is 0 Å². The fourth-order valence-electron chi connectivity index (χ4n) is 13.8. The van der Waals surface area contributed by atoms with E-state index < -0.39 is 10.8 Å². The van der Waals surface area contributed by atoms with Crippen LogP contribution >= 0.6 is 0 Å². The summed E-state index contributed by atoms with van der Waals surface area (Å²) in [6, 6.07) is 9.70. The predicted octanol–water partition coefficient (Wildman–Crippen LogP) is 9.48. The lowest BCUT2D eigenvalue weighted by Gasteiger charge is -2.72. The molecule has 1 aromatic rings. The van der Waals surface area contributed by atoms with E-state index in [1.54, 1.807) is 0 Å². The van der Waals surface area contributed by atoms with Crippen molar-refractivity contribution in [3.63, 3.8) is 0 Å². The molecule has 278 valence electrons. The van der Waals surface area contributed by atoms with Gasteiger partial charge < -0.3 is 14.3 Å². The topological polar surface area (TPSA) is 86.7 Å². The Kier molecular flexibility index (Phi) is 8.71. The number of carbonyl (C=O) groups is 4. The standard InChI is InChI=1S/C45H62O6/c1-27(2)36-32(47)24-45(26-46)22-21-43(8)29(37(36)45)15-16-34-42(7)19-18-35(41(5,6)33(42)17-20-44(34,43)9)51-39(49)31-23-30(40(31,3)4)38(48)50-25-28-13-11-10-12-14-28/h10-14,26-27,29-31,33-35H,15-25H2,1-9H3/t29-,30+,31-,33+,34-,35+,42+,43-,44-,45+/m1/s1. The molecule has 0 heterocycles. The first-order valence-corrected chi connectivity index (χ1v) is 20.0. The molecule has 0 saturated heterocycles. The van der Waals surface area contributed by atoms with Crippen LogP contribution in [0.2, 0.25) is 0 Å². The lowest BCUT2D eigenvalue weighted by Crippen LogP contribution is -2.66. The number of benzene rings is 1. The molecule has 0 spiro atoms. The van der Waals surface area contributed by atoms with E-state index in [9.17, 15) is 19.2 Å². The summed E-state index contributed by atoms with van der Waals surface area (Å²) in [6.45, 7) is 20.8. The molecule has 0 aromatic heterocycles. The van der Waals surface area contributed by atoms with Crippen molar-refractivity contribution in [2.24, 2.45) is 68.0 Å². The van der Waals surface area contributed by atoms with Gasteiger partial charge in [0.1, 0.15) is 19.0 Å². The van der Waals surface area contributed by atoms with E-state index in [-0.39, 0.29) is 75.8 Å². The molecule has 0 radical (unpaired) electrons. The largest absolute Gasteiger partial charge is 0.462 e. The van der Waals surface area contributed by atoms with Crippen molar-refractivity contribution in [3.05, 3.63) is 47.0 Å². The zero-order chi connectivity index (χ0) is 36.9. The zero-order valence-corrected chi connectivity index (χ0v) is 32.7. The van der Waals surface area contributed by atoms with E-state index in [4.69, 9.17) is 9.47 Å². The van der Waals surface area contributed by atoms with Gasteiger partial charge in [0, 0.05) is 11.8 Å². The van der Waals surface area contributed by atoms with Crippen molar-refractivity contribution in [2.75, 3.05) is 0 Å². The molecule has 6 aliphatic rings. The van der Waals surface area contributed by atoms with Gasteiger partial charge >= 0.3 is 11.9 Å². The van der Waals surface area contributed by atoms with E-state index in [1.807, 2.05) is 44.2 Å². The average Bonchev–Trinajstić information content (AvgIpc) is 3.38. The predicted molar refractivity (Wildman–Crippen MR) is 197 cm³/mol. The van der Waals surface area contributed by atoms with Crippen LogP contribution in [-0.2, 0) is 35.3 Å². The lowest BCUT2D eigenvalue weighted by molar-refractivity contribution is -0.236. The van der Waals surface area contributed by atoms with Crippen LogP contribution in [0, 0.1) is 68.0 Å². The number of fused-ring (bicyclic) bond motifs is 7. The van der Waals surface area contributed by atoms with E-state index in [2.05, 4.69) is 48.5 Å². The van der Waals surface area contributed by atoms with Crippen molar-refractivity contribution in [1.29, 1.82) is 0 Å². The summed E-state index contributed by atoms with van der Waals surface area (Å²) in [4.78, 5) is 53.2. The lowest BCUT2D eigenvalue weighted by atomic mass is 9.33. The van der Waals surface area contributed by atoms with Crippen LogP contribution in [0.5, 0.6) is 0 Å². The maximum atomic E-state index is 13.9. The van der Waals surface area contributed by atoms with Gasteiger partial charge in [-0.1, -0.05) is 92.6 Å². The molecule has 0 N–H and O–H groups in total. The number of ether oxygens (including phenoxy) is 2. The van der Waals surface area contributed by atoms with Crippen molar-refractivity contribution in [3.8, 4) is 0 Å². The van der Waals surface area contributed by atoms with Gasteiger partial charge in [0.15, 0.2) is 5.78 Å². The first kappa shape index (κ1) is 36.6. The molecule has 1 aromatic carbocycles. The maximum Gasteiger partial charge on any atom is 0.309 e. The monoisotopic (exact) mass is 698 g/mol. The van der Waals surface area contributed by atoms with Crippen molar-refractivity contribution < 1.29 is 28.7 Å². The van der Waals surface area contributed by atoms with Crippen LogP contribution in [0.3, 0.4) is 0 Å². The quantitative estimate of drug-likeness (QED) is 0.208. The number of hydrogen-bond acceptors (Lipinski definition) is 6. The number of aldehydes is 1. The SMILES string of the molecule is CC(C)C1=C2[C@H]3CC[C@@H]4[C@@]5(C)CC[C@H](OC(=O)[C@H]6C[C@@H](C(=O)OCc7ccccc7)C6(C)C)C(C)(C)[C@@H]5CC[C@@]4(C)[C@]3(C)CC[C@@]2(C=O)CC1=O. The molecule has 0 aliphatic heterocycles. The summed E-state index contributed by atoms with van der Waals surface area (Å²) in [7, 11) is 0. The molecular weight excluding hydrogens is 636 g/mol. The molecule has 5 saturated carbocycles. The van der Waals surface area contributed by atoms with Crippen molar-refractivity contribution in [2.45, 2.75) is 139 Å². The minimum Gasteiger partial charge on any atom is -0.462 e. The van der Waals surface area contributed by atoms with Crippen molar-refractivity contribution >= 4 is 24.0 Å². The molecule has 6 heteroatoms. The molecule has 7 rings (SSSR count). The summed E-state index contributed by atoms with van der Waals surface area (Å²) in [5, 5.41) is 0. The summed E-state index contributed by atoms with van der Waals surface area (Å²) in [5.74, 6) is 0.525. The normalized spacial score (nSPS) is 42.1. The van der Waals surface area contributed by atoms with Crippen LogP contribution in [0.15, 0.2) is 41.5 Å². The van der Waals surface area contributed by atoms with Crippen LogP contribution in [0.25, 0.3) is 0 Å². The van der Waals surface area contributed by atoms with Crippen LogP contribution < -0.4 is 0 Å². The van der Waals surface area contributed by atoms with Crippen LogP contribution in [-0.4, -0.2) is 30.1 Å². The molecular formula is C45H62O6. The van der Waals surface area contributed by atoms with Gasteiger partial charge in [-0.25, -0.2) is 0 Å². The van der Waals surface area contributed by atoms with E-state index in [0.29, 0.717) is 24.7 Å². The Bertz CT molecular complexity index is 1640. The maximum absolute atomic E-state index is 13.9. The fraction of sp³-hybridized carbons (Fsp3) is 0.733. The summed E-state index contributed by atoms with van der Waals surface area (Å²) >= 11 is 0. The van der Waals surface area contributed by atoms with Gasteiger partial charge in [-0.2, -0.15) is 0 Å².